The number of carbonyl (C=O) groups excluding carboxylic acids is 1. The fourth-order valence-corrected chi connectivity index (χ4v) is 2.25. The smallest absolute Gasteiger partial charge is 0.379 e. The summed E-state index contributed by atoms with van der Waals surface area (Å²) in [7, 11) is 0. The molecule has 1 aliphatic heterocycles. The van der Waals surface area contributed by atoms with Crippen LogP contribution in [0.2, 0.25) is 0 Å². The number of amides is 1. The summed E-state index contributed by atoms with van der Waals surface area (Å²) < 4.78 is 42.6. The van der Waals surface area contributed by atoms with Gasteiger partial charge in [0, 0.05) is 11.7 Å². The summed E-state index contributed by atoms with van der Waals surface area (Å²) in [5, 5.41) is 5.78. The van der Waals surface area contributed by atoms with E-state index in [0.29, 0.717) is 18.9 Å². The molecule has 0 saturated carbocycles. The Morgan fingerprint density at radius 3 is 2.52 bits per heavy atom. The van der Waals surface area contributed by atoms with E-state index in [9.17, 15) is 18.0 Å². The van der Waals surface area contributed by atoms with E-state index in [1.54, 1.807) is 0 Å². The molecular weight excluding hydrogens is 285 g/mol. The van der Waals surface area contributed by atoms with Gasteiger partial charge in [-0.3, -0.25) is 4.79 Å². The number of hydrogen-bond acceptors (Lipinski definition) is 3. The Morgan fingerprint density at radius 1 is 1.29 bits per heavy atom. The van der Waals surface area contributed by atoms with Gasteiger partial charge in [-0.05, 0) is 30.8 Å². The van der Waals surface area contributed by atoms with Gasteiger partial charge in [0.2, 0.25) is 5.91 Å². The van der Waals surface area contributed by atoms with E-state index in [1.807, 2.05) is 6.92 Å². The van der Waals surface area contributed by atoms with Gasteiger partial charge in [0.25, 0.3) is 0 Å². The van der Waals surface area contributed by atoms with Crippen molar-refractivity contribution in [3.05, 3.63) is 29.8 Å². The molecule has 0 spiro atoms. The van der Waals surface area contributed by atoms with E-state index in [1.165, 1.54) is 12.1 Å². The summed E-state index contributed by atoms with van der Waals surface area (Å²) in [4.78, 5) is 12.1. The van der Waals surface area contributed by atoms with Crippen LogP contribution >= 0.6 is 0 Å². The minimum atomic E-state index is -4.38. The molecule has 2 unspecified atom stereocenters. The third-order valence-corrected chi connectivity index (χ3v) is 3.36. The zero-order valence-corrected chi connectivity index (χ0v) is 11.5. The van der Waals surface area contributed by atoms with E-state index in [0.717, 1.165) is 18.7 Å². The molecule has 1 saturated heterocycles. The standard InChI is InChI=1S/C14H17F3N2O2/c1-2-18-12-8-21-7-11(12)13(20)19-10-5-3-9(4-6-10)14(15,16)17/h3-6,11-12,18H,2,7-8H2,1H3,(H,19,20). The van der Waals surface area contributed by atoms with Gasteiger partial charge in [0.15, 0.2) is 0 Å². The topological polar surface area (TPSA) is 50.4 Å². The second-order valence-electron chi connectivity index (χ2n) is 4.87. The summed E-state index contributed by atoms with van der Waals surface area (Å²) in [5.41, 5.74) is -0.398. The molecule has 2 atom stereocenters. The lowest BCUT2D eigenvalue weighted by molar-refractivity contribution is -0.137. The molecule has 0 bridgehead atoms. The van der Waals surface area contributed by atoms with Crippen LogP contribution in [0.15, 0.2) is 24.3 Å². The van der Waals surface area contributed by atoms with Crippen molar-refractivity contribution in [1.82, 2.24) is 5.32 Å². The predicted molar refractivity (Wildman–Crippen MR) is 71.8 cm³/mol. The van der Waals surface area contributed by atoms with Crippen LogP contribution in [-0.4, -0.2) is 31.7 Å². The van der Waals surface area contributed by atoms with E-state index >= 15 is 0 Å². The van der Waals surface area contributed by atoms with Crippen LogP contribution in [0, 0.1) is 5.92 Å². The van der Waals surface area contributed by atoms with Gasteiger partial charge >= 0.3 is 6.18 Å². The fourth-order valence-electron chi connectivity index (χ4n) is 2.25. The summed E-state index contributed by atoms with van der Waals surface area (Å²) in [5.74, 6) is -0.592. The predicted octanol–water partition coefficient (Wildman–Crippen LogP) is 2.27. The number of anilines is 1. The van der Waals surface area contributed by atoms with Crippen molar-refractivity contribution < 1.29 is 22.7 Å². The van der Waals surface area contributed by atoms with Gasteiger partial charge in [-0.15, -0.1) is 0 Å². The number of rotatable bonds is 4. The molecule has 21 heavy (non-hydrogen) atoms. The first-order chi connectivity index (χ1) is 9.91. The molecule has 0 radical (unpaired) electrons. The maximum absolute atomic E-state index is 12.5. The molecule has 1 aromatic carbocycles. The highest BCUT2D eigenvalue weighted by Gasteiger charge is 2.34. The van der Waals surface area contributed by atoms with Gasteiger partial charge < -0.3 is 15.4 Å². The molecule has 0 aliphatic carbocycles. The van der Waals surface area contributed by atoms with Crippen molar-refractivity contribution in [3.8, 4) is 0 Å². The van der Waals surface area contributed by atoms with Gasteiger partial charge in [0.1, 0.15) is 0 Å². The molecule has 1 aliphatic rings. The van der Waals surface area contributed by atoms with Crippen LogP contribution in [0.4, 0.5) is 18.9 Å². The van der Waals surface area contributed by atoms with Crippen molar-refractivity contribution >= 4 is 11.6 Å². The third-order valence-electron chi connectivity index (χ3n) is 3.36. The van der Waals surface area contributed by atoms with Gasteiger partial charge in [-0.1, -0.05) is 6.92 Å². The summed E-state index contributed by atoms with van der Waals surface area (Å²) in [6.07, 6.45) is -4.38. The molecule has 1 fully saturated rings. The van der Waals surface area contributed by atoms with Crippen LogP contribution in [-0.2, 0) is 15.7 Å². The average Bonchev–Trinajstić information content (AvgIpc) is 2.87. The summed E-state index contributed by atoms with van der Waals surface area (Å²) >= 11 is 0. The molecule has 2 N–H and O–H groups in total. The maximum atomic E-state index is 12.5. The summed E-state index contributed by atoms with van der Waals surface area (Å²) in [6, 6.07) is 4.33. The largest absolute Gasteiger partial charge is 0.416 e. The highest BCUT2D eigenvalue weighted by molar-refractivity contribution is 5.93. The van der Waals surface area contributed by atoms with Crippen molar-refractivity contribution in [3.63, 3.8) is 0 Å². The monoisotopic (exact) mass is 302 g/mol. The molecule has 116 valence electrons. The zero-order chi connectivity index (χ0) is 15.5. The normalized spacial score (nSPS) is 22.3. The number of carbonyl (C=O) groups is 1. The van der Waals surface area contributed by atoms with Gasteiger partial charge in [-0.2, -0.15) is 13.2 Å². The van der Waals surface area contributed by atoms with Crippen molar-refractivity contribution in [2.75, 3.05) is 25.1 Å². The maximum Gasteiger partial charge on any atom is 0.416 e. The second-order valence-corrected chi connectivity index (χ2v) is 4.87. The van der Waals surface area contributed by atoms with Crippen LogP contribution in [0.25, 0.3) is 0 Å². The fraction of sp³-hybridized carbons (Fsp3) is 0.500. The number of ether oxygens (including phenoxy) is 1. The lowest BCUT2D eigenvalue weighted by atomic mass is 10.0. The summed E-state index contributed by atoms with van der Waals surface area (Å²) in [6.45, 7) is 3.42. The van der Waals surface area contributed by atoms with Crippen LogP contribution in [0.1, 0.15) is 12.5 Å². The number of likely N-dealkylation sites (N-methyl/N-ethyl adjacent to an activating group) is 1. The number of alkyl halides is 3. The van der Waals surface area contributed by atoms with Crippen LogP contribution < -0.4 is 10.6 Å². The minimum absolute atomic E-state index is 0.0653. The molecule has 4 nitrogen and oxygen atoms in total. The molecule has 1 amide bonds. The lowest BCUT2D eigenvalue weighted by Gasteiger charge is -2.18. The molecule has 1 heterocycles. The van der Waals surface area contributed by atoms with Gasteiger partial charge in [-0.25, -0.2) is 0 Å². The Kier molecular flexibility index (Phi) is 4.84. The Hall–Kier alpha value is -1.60. The van der Waals surface area contributed by atoms with Crippen LogP contribution in [0.5, 0.6) is 0 Å². The Morgan fingerprint density at radius 2 is 1.95 bits per heavy atom. The van der Waals surface area contributed by atoms with E-state index in [4.69, 9.17) is 4.74 Å². The Labute approximate surface area is 120 Å². The number of benzene rings is 1. The first-order valence-electron chi connectivity index (χ1n) is 6.71. The first-order valence-corrected chi connectivity index (χ1v) is 6.71. The van der Waals surface area contributed by atoms with Crippen molar-refractivity contribution in [2.24, 2.45) is 5.92 Å². The Bertz CT molecular complexity index is 488. The number of hydrogen-bond donors (Lipinski definition) is 2. The highest BCUT2D eigenvalue weighted by atomic mass is 19.4. The van der Waals surface area contributed by atoms with E-state index < -0.39 is 11.7 Å². The third kappa shape index (κ3) is 3.95. The first kappa shape index (κ1) is 15.8. The number of nitrogens with one attached hydrogen (secondary N) is 2. The second kappa shape index (κ2) is 6.44. The van der Waals surface area contributed by atoms with Crippen LogP contribution in [0.3, 0.4) is 0 Å². The molecule has 0 aromatic heterocycles. The average molecular weight is 302 g/mol. The van der Waals surface area contributed by atoms with Gasteiger partial charge in [0.05, 0.1) is 24.7 Å². The molecule has 1 aromatic rings. The van der Waals surface area contributed by atoms with Crippen molar-refractivity contribution in [2.45, 2.75) is 19.1 Å². The zero-order valence-electron chi connectivity index (χ0n) is 11.5. The molecule has 2 rings (SSSR count). The highest BCUT2D eigenvalue weighted by Crippen LogP contribution is 2.30. The number of halogens is 3. The minimum Gasteiger partial charge on any atom is -0.379 e. The van der Waals surface area contributed by atoms with E-state index in [2.05, 4.69) is 10.6 Å². The SMILES string of the molecule is CCNC1COCC1C(=O)Nc1ccc(C(F)(F)F)cc1. The van der Waals surface area contributed by atoms with Crippen molar-refractivity contribution in [1.29, 1.82) is 0 Å². The quantitative estimate of drug-likeness (QED) is 0.897. The Balaban J connectivity index is 1.99. The molecular formula is C14H17F3N2O2. The van der Waals surface area contributed by atoms with E-state index in [-0.39, 0.29) is 17.9 Å². The molecule has 7 heteroatoms. The lowest BCUT2D eigenvalue weighted by Crippen LogP contribution is -2.41.